The van der Waals surface area contributed by atoms with Crippen molar-refractivity contribution in [1.82, 2.24) is 15.6 Å². The number of hydrogen-bond acceptors (Lipinski definition) is 5. The van der Waals surface area contributed by atoms with Crippen LogP contribution in [0.25, 0.3) is 0 Å². The predicted molar refractivity (Wildman–Crippen MR) is 112 cm³/mol. The molecule has 2 heterocycles. The quantitative estimate of drug-likeness (QED) is 0.583. The Morgan fingerprint density at radius 2 is 1.96 bits per heavy atom. The fraction of sp³-hybridized carbons (Fsp3) is 0.684. The zero-order valence-corrected chi connectivity index (χ0v) is 17.9. The van der Waals surface area contributed by atoms with E-state index >= 15 is 0 Å². The second-order valence-electron chi connectivity index (χ2n) is 7.97. The molecule has 1 fully saturated rings. The lowest BCUT2D eigenvalue weighted by atomic mass is 10.1. The van der Waals surface area contributed by atoms with Crippen LogP contribution in [0.4, 0.5) is 5.82 Å². The Morgan fingerprint density at radius 1 is 1.30 bits per heavy atom. The second-order valence-corrected chi connectivity index (χ2v) is 10.8. The van der Waals surface area contributed by atoms with E-state index in [0.29, 0.717) is 18.5 Å². The predicted octanol–water partition coefficient (Wildman–Crippen LogP) is 1.74. The molecule has 0 spiro atoms. The van der Waals surface area contributed by atoms with Crippen molar-refractivity contribution in [3.05, 3.63) is 23.9 Å². The van der Waals surface area contributed by atoms with Crippen molar-refractivity contribution < 1.29 is 8.42 Å². The molecule has 1 aliphatic rings. The monoisotopic (exact) mass is 395 g/mol. The summed E-state index contributed by atoms with van der Waals surface area (Å²) in [5.41, 5.74) is 1.03. The molecule has 7 nitrogen and oxygen atoms in total. The number of aliphatic imine (C=N–C) groups is 1. The van der Waals surface area contributed by atoms with Gasteiger partial charge in [0.25, 0.3) is 0 Å². The van der Waals surface area contributed by atoms with Crippen molar-refractivity contribution in [3.8, 4) is 0 Å². The Hall–Kier alpha value is -1.83. The van der Waals surface area contributed by atoms with Crippen LogP contribution in [0.5, 0.6) is 0 Å². The molecule has 0 atom stereocenters. The molecule has 0 bridgehead atoms. The van der Waals surface area contributed by atoms with E-state index in [0.717, 1.165) is 37.4 Å². The van der Waals surface area contributed by atoms with Crippen molar-refractivity contribution in [2.45, 2.75) is 51.3 Å². The normalized spacial score (nSPS) is 17.1. The summed E-state index contributed by atoms with van der Waals surface area (Å²) in [4.78, 5) is 11.1. The van der Waals surface area contributed by atoms with Gasteiger partial charge in [-0.2, -0.15) is 0 Å². The van der Waals surface area contributed by atoms with E-state index in [9.17, 15) is 8.42 Å². The maximum absolute atomic E-state index is 12.2. The molecule has 0 saturated carbocycles. The number of anilines is 1. The Morgan fingerprint density at radius 3 is 2.52 bits per heavy atom. The molecule has 1 aromatic heterocycles. The Kier molecular flexibility index (Phi) is 7.08. The van der Waals surface area contributed by atoms with Crippen LogP contribution in [-0.4, -0.2) is 62.6 Å². The third kappa shape index (κ3) is 6.09. The van der Waals surface area contributed by atoms with Gasteiger partial charge in [-0.15, -0.1) is 0 Å². The van der Waals surface area contributed by atoms with Gasteiger partial charge in [-0.25, -0.2) is 13.4 Å². The summed E-state index contributed by atoms with van der Waals surface area (Å²) in [5.74, 6) is 1.78. The minimum absolute atomic E-state index is 0.0919. The number of rotatable bonds is 5. The number of guanidine groups is 1. The first-order valence-corrected chi connectivity index (χ1v) is 11.2. The summed E-state index contributed by atoms with van der Waals surface area (Å²) in [7, 11) is -1.43. The summed E-state index contributed by atoms with van der Waals surface area (Å²) in [6, 6.07) is 6.42. The van der Waals surface area contributed by atoms with Crippen LogP contribution < -0.4 is 15.5 Å². The van der Waals surface area contributed by atoms with Crippen LogP contribution >= 0.6 is 0 Å². The number of aromatic nitrogens is 1. The zero-order valence-electron chi connectivity index (χ0n) is 17.1. The Labute approximate surface area is 163 Å². The third-order valence-electron chi connectivity index (χ3n) is 4.85. The molecule has 0 aromatic carbocycles. The SMILES string of the molecule is CN=C(NCCS(=O)(=O)C(C)(C)C)NC1CCN(c2cccc(C)n2)CC1. The molecule has 2 N–H and O–H groups in total. The maximum atomic E-state index is 12.2. The first-order valence-electron chi connectivity index (χ1n) is 9.50. The minimum atomic E-state index is -3.14. The van der Waals surface area contributed by atoms with Crippen molar-refractivity contribution in [2.75, 3.05) is 37.3 Å². The molecule has 0 amide bonds. The van der Waals surface area contributed by atoms with E-state index in [2.05, 4.69) is 31.6 Å². The topological polar surface area (TPSA) is 86.7 Å². The highest BCUT2D eigenvalue weighted by Crippen LogP contribution is 2.18. The van der Waals surface area contributed by atoms with Gasteiger partial charge in [0.15, 0.2) is 15.8 Å². The van der Waals surface area contributed by atoms with E-state index in [1.807, 2.05) is 19.1 Å². The Balaban J connectivity index is 1.79. The van der Waals surface area contributed by atoms with Gasteiger partial charge in [-0.05, 0) is 52.7 Å². The maximum Gasteiger partial charge on any atom is 0.191 e. The molecule has 1 aliphatic heterocycles. The highest BCUT2D eigenvalue weighted by atomic mass is 32.2. The van der Waals surface area contributed by atoms with Crippen molar-refractivity contribution in [3.63, 3.8) is 0 Å². The average Bonchev–Trinajstić information content (AvgIpc) is 2.60. The summed E-state index contributed by atoms with van der Waals surface area (Å²) in [6.45, 7) is 9.41. The molecule has 27 heavy (non-hydrogen) atoms. The molecule has 8 heteroatoms. The number of sulfone groups is 1. The highest BCUT2D eigenvalue weighted by molar-refractivity contribution is 7.92. The second kappa shape index (κ2) is 8.91. The Bertz CT molecular complexity index is 748. The summed E-state index contributed by atoms with van der Waals surface area (Å²) < 4.78 is 23.7. The van der Waals surface area contributed by atoms with E-state index in [1.54, 1.807) is 27.8 Å². The van der Waals surface area contributed by atoms with Crippen molar-refractivity contribution >= 4 is 21.6 Å². The zero-order chi connectivity index (χ0) is 20.1. The van der Waals surface area contributed by atoms with E-state index in [4.69, 9.17) is 0 Å². The van der Waals surface area contributed by atoms with Gasteiger partial charge in [-0.1, -0.05) is 6.07 Å². The fourth-order valence-electron chi connectivity index (χ4n) is 2.96. The van der Waals surface area contributed by atoms with Gasteiger partial charge in [0.05, 0.1) is 10.5 Å². The molecule has 0 aliphatic carbocycles. The fourth-order valence-corrected chi connectivity index (χ4v) is 3.94. The molecular weight excluding hydrogens is 362 g/mol. The summed E-state index contributed by atoms with van der Waals surface area (Å²) >= 11 is 0. The van der Waals surface area contributed by atoms with Crippen LogP contribution in [-0.2, 0) is 9.84 Å². The van der Waals surface area contributed by atoms with E-state index in [-0.39, 0.29) is 5.75 Å². The van der Waals surface area contributed by atoms with E-state index < -0.39 is 14.6 Å². The third-order valence-corrected chi connectivity index (χ3v) is 7.46. The molecule has 0 radical (unpaired) electrons. The molecular formula is C19H33N5O2S. The molecule has 0 unspecified atom stereocenters. The van der Waals surface area contributed by atoms with Gasteiger partial charge in [0.2, 0.25) is 0 Å². The van der Waals surface area contributed by atoms with Crippen LogP contribution in [0.3, 0.4) is 0 Å². The number of nitrogens with zero attached hydrogens (tertiary/aromatic N) is 3. The van der Waals surface area contributed by atoms with Gasteiger partial charge in [-0.3, -0.25) is 4.99 Å². The number of pyridine rings is 1. The number of hydrogen-bond donors (Lipinski definition) is 2. The number of nitrogens with one attached hydrogen (secondary N) is 2. The van der Waals surface area contributed by atoms with Crippen LogP contribution in [0.15, 0.2) is 23.2 Å². The van der Waals surface area contributed by atoms with Gasteiger partial charge >= 0.3 is 0 Å². The molecule has 152 valence electrons. The van der Waals surface area contributed by atoms with Crippen LogP contribution in [0.2, 0.25) is 0 Å². The number of aryl methyl sites for hydroxylation is 1. The largest absolute Gasteiger partial charge is 0.356 e. The summed E-state index contributed by atoms with van der Waals surface area (Å²) in [5, 5.41) is 6.54. The standard InChI is InChI=1S/C19H33N5O2S/c1-15-7-6-8-17(22-15)24-12-9-16(10-13-24)23-18(20-5)21-11-14-27(25,26)19(2,3)4/h6-8,16H,9-14H2,1-5H3,(H2,20,21,23). The highest BCUT2D eigenvalue weighted by Gasteiger charge is 2.28. The van der Waals surface area contributed by atoms with Gasteiger partial charge in [0.1, 0.15) is 5.82 Å². The van der Waals surface area contributed by atoms with Crippen molar-refractivity contribution in [1.29, 1.82) is 0 Å². The lowest BCUT2D eigenvalue weighted by Crippen LogP contribution is -2.49. The lowest BCUT2D eigenvalue weighted by molar-refractivity contribution is 0.460. The van der Waals surface area contributed by atoms with Crippen LogP contribution in [0.1, 0.15) is 39.3 Å². The first-order chi connectivity index (χ1) is 12.6. The van der Waals surface area contributed by atoms with Crippen molar-refractivity contribution in [2.24, 2.45) is 4.99 Å². The lowest BCUT2D eigenvalue weighted by Gasteiger charge is -2.34. The van der Waals surface area contributed by atoms with E-state index in [1.165, 1.54) is 0 Å². The van der Waals surface area contributed by atoms with Gasteiger partial charge in [0, 0.05) is 38.4 Å². The summed E-state index contributed by atoms with van der Waals surface area (Å²) in [6.07, 6.45) is 1.97. The van der Waals surface area contributed by atoms with Crippen LogP contribution in [0, 0.1) is 6.92 Å². The first kappa shape index (κ1) is 21.5. The molecule has 1 saturated heterocycles. The smallest absolute Gasteiger partial charge is 0.191 e. The average molecular weight is 396 g/mol. The number of piperidine rings is 1. The molecule has 1 aromatic rings. The molecule has 2 rings (SSSR count). The van der Waals surface area contributed by atoms with Gasteiger partial charge < -0.3 is 15.5 Å². The minimum Gasteiger partial charge on any atom is -0.356 e.